The lowest BCUT2D eigenvalue weighted by Crippen LogP contribution is -2.32. The van der Waals surface area contributed by atoms with Crippen molar-refractivity contribution >= 4 is 34.1 Å². The van der Waals surface area contributed by atoms with Gasteiger partial charge in [-0.05, 0) is 47.7 Å². The molecular formula is C25H21N3O2S. The van der Waals surface area contributed by atoms with Crippen LogP contribution in [0.1, 0.15) is 35.2 Å². The molecule has 1 N–H and O–H groups in total. The number of nitrogens with one attached hydrogen (secondary N) is 1. The number of hydrogen-bond donors (Lipinski definition) is 1. The van der Waals surface area contributed by atoms with Crippen LogP contribution in [0.25, 0.3) is 11.0 Å². The molecule has 0 spiro atoms. The molecule has 6 rings (SSSR count). The van der Waals surface area contributed by atoms with Crippen molar-refractivity contribution in [1.82, 2.24) is 9.55 Å². The summed E-state index contributed by atoms with van der Waals surface area (Å²) in [6, 6.07) is 20.1. The Labute approximate surface area is 184 Å². The number of aromatic nitrogens is 2. The van der Waals surface area contributed by atoms with Crippen LogP contribution in [-0.2, 0) is 4.79 Å². The van der Waals surface area contributed by atoms with Gasteiger partial charge in [0.25, 0.3) is 0 Å². The van der Waals surface area contributed by atoms with E-state index in [0.29, 0.717) is 6.42 Å². The second-order valence-corrected chi connectivity index (χ2v) is 9.01. The maximum absolute atomic E-state index is 13.6. The molecular weight excluding hydrogens is 406 g/mol. The molecule has 3 heterocycles. The molecule has 6 heteroatoms. The first-order chi connectivity index (χ1) is 15.2. The number of anilines is 1. The SMILES string of the molecule is COc1ccc(C2C3=C(CC(c4cccs4)CC3=O)Nc3nc4ccccc4n32)cc1. The van der Waals surface area contributed by atoms with Crippen LogP contribution in [-0.4, -0.2) is 22.4 Å². The lowest BCUT2D eigenvalue weighted by atomic mass is 9.80. The number of thiophene rings is 1. The van der Waals surface area contributed by atoms with Crippen molar-refractivity contribution in [3.05, 3.63) is 87.8 Å². The van der Waals surface area contributed by atoms with Gasteiger partial charge in [-0.1, -0.05) is 30.3 Å². The zero-order valence-electron chi connectivity index (χ0n) is 17.0. The average molecular weight is 428 g/mol. The number of nitrogens with zero attached hydrogens (tertiary/aromatic N) is 2. The Hall–Kier alpha value is -3.38. The van der Waals surface area contributed by atoms with Gasteiger partial charge in [0.15, 0.2) is 5.78 Å². The molecule has 1 aliphatic heterocycles. The second-order valence-electron chi connectivity index (χ2n) is 8.03. The Kier molecular flexibility index (Phi) is 4.21. The van der Waals surface area contributed by atoms with E-state index < -0.39 is 0 Å². The third kappa shape index (κ3) is 2.90. The van der Waals surface area contributed by atoms with E-state index in [9.17, 15) is 4.79 Å². The Morgan fingerprint density at radius 1 is 1.06 bits per heavy atom. The smallest absolute Gasteiger partial charge is 0.209 e. The van der Waals surface area contributed by atoms with E-state index in [1.807, 2.05) is 30.3 Å². The summed E-state index contributed by atoms with van der Waals surface area (Å²) in [6.07, 6.45) is 1.35. The number of imidazole rings is 1. The quantitative estimate of drug-likeness (QED) is 0.468. The van der Waals surface area contributed by atoms with Gasteiger partial charge < -0.3 is 10.1 Å². The number of benzene rings is 2. The minimum absolute atomic E-state index is 0.205. The first-order valence-corrected chi connectivity index (χ1v) is 11.3. The van der Waals surface area contributed by atoms with Gasteiger partial charge >= 0.3 is 0 Å². The zero-order valence-corrected chi connectivity index (χ0v) is 17.9. The lowest BCUT2D eigenvalue weighted by molar-refractivity contribution is -0.116. The molecule has 4 aromatic rings. The van der Waals surface area contributed by atoms with E-state index in [2.05, 4.69) is 45.6 Å². The summed E-state index contributed by atoms with van der Waals surface area (Å²) in [5.41, 5.74) is 4.85. The Morgan fingerprint density at radius 2 is 1.90 bits per heavy atom. The normalized spacial score (nSPS) is 20.4. The van der Waals surface area contributed by atoms with Gasteiger partial charge in [-0.25, -0.2) is 4.98 Å². The van der Waals surface area contributed by atoms with E-state index in [1.54, 1.807) is 18.4 Å². The monoisotopic (exact) mass is 427 g/mol. The summed E-state index contributed by atoms with van der Waals surface area (Å²) in [6.45, 7) is 0. The molecule has 2 aromatic carbocycles. The number of Topliss-reactive ketones (excluding diaryl/α,β-unsaturated/α-hetero) is 1. The number of hydrogen-bond acceptors (Lipinski definition) is 5. The van der Waals surface area contributed by atoms with Crippen molar-refractivity contribution in [1.29, 1.82) is 0 Å². The Morgan fingerprint density at radius 3 is 2.68 bits per heavy atom. The van der Waals surface area contributed by atoms with Crippen LogP contribution in [0.4, 0.5) is 5.95 Å². The fourth-order valence-electron chi connectivity index (χ4n) is 4.85. The summed E-state index contributed by atoms with van der Waals surface area (Å²) < 4.78 is 7.52. The molecule has 2 atom stereocenters. The minimum atomic E-state index is -0.207. The van der Waals surface area contributed by atoms with Gasteiger partial charge in [0.05, 0.1) is 24.2 Å². The zero-order chi connectivity index (χ0) is 20.9. The molecule has 2 aromatic heterocycles. The third-order valence-electron chi connectivity index (χ3n) is 6.28. The second kappa shape index (κ2) is 7.10. The molecule has 1 aliphatic carbocycles. The molecule has 31 heavy (non-hydrogen) atoms. The summed E-state index contributed by atoms with van der Waals surface area (Å²) >= 11 is 1.72. The van der Waals surface area contributed by atoms with Crippen LogP contribution >= 0.6 is 11.3 Å². The third-order valence-corrected chi connectivity index (χ3v) is 7.31. The maximum atomic E-state index is 13.6. The molecule has 154 valence electrons. The summed E-state index contributed by atoms with van der Waals surface area (Å²) in [7, 11) is 1.66. The molecule has 5 nitrogen and oxygen atoms in total. The van der Waals surface area contributed by atoms with Crippen molar-refractivity contribution in [2.75, 3.05) is 12.4 Å². The fraction of sp³-hybridized carbons (Fsp3) is 0.200. The highest BCUT2D eigenvalue weighted by Gasteiger charge is 2.39. The molecule has 0 amide bonds. The van der Waals surface area contributed by atoms with Crippen LogP contribution in [0.2, 0.25) is 0 Å². The van der Waals surface area contributed by atoms with Crippen molar-refractivity contribution in [3.8, 4) is 5.75 Å². The lowest BCUT2D eigenvalue weighted by Gasteiger charge is -2.36. The Balaban J connectivity index is 1.54. The van der Waals surface area contributed by atoms with E-state index in [-0.39, 0.29) is 17.7 Å². The molecule has 0 saturated carbocycles. The van der Waals surface area contributed by atoms with Gasteiger partial charge in [0.1, 0.15) is 5.75 Å². The summed E-state index contributed by atoms with van der Waals surface area (Å²) in [4.78, 5) is 19.7. The molecule has 0 saturated heterocycles. The van der Waals surface area contributed by atoms with Crippen LogP contribution in [0.15, 0.2) is 77.3 Å². The van der Waals surface area contributed by atoms with Crippen LogP contribution < -0.4 is 10.1 Å². The maximum Gasteiger partial charge on any atom is 0.209 e. The van der Waals surface area contributed by atoms with Gasteiger partial charge in [-0.2, -0.15) is 0 Å². The average Bonchev–Trinajstić information content (AvgIpc) is 3.46. The molecule has 2 unspecified atom stereocenters. The number of ether oxygens (including phenoxy) is 1. The predicted octanol–water partition coefficient (Wildman–Crippen LogP) is 5.52. The number of fused-ring (bicyclic) bond motifs is 3. The largest absolute Gasteiger partial charge is 0.497 e. The van der Waals surface area contributed by atoms with Gasteiger partial charge in [0, 0.05) is 28.5 Å². The Bertz CT molecular complexity index is 1320. The van der Waals surface area contributed by atoms with Crippen molar-refractivity contribution < 1.29 is 9.53 Å². The number of rotatable bonds is 3. The highest BCUT2D eigenvalue weighted by Crippen LogP contribution is 2.46. The van der Waals surface area contributed by atoms with E-state index >= 15 is 0 Å². The number of allylic oxidation sites excluding steroid dienone is 2. The first kappa shape index (κ1) is 18.4. The highest BCUT2D eigenvalue weighted by atomic mass is 32.1. The van der Waals surface area contributed by atoms with Crippen molar-refractivity contribution in [2.24, 2.45) is 0 Å². The highest BCUT2D eigenvalue weighted by molar-refractivity contribution is 7.10. The van der Waals surface area contributed by atoms with E-state index in [1.165, 1.54) is 4.88 Å². The predicted molar refractivity (Wildman–Crippen MR) is 123 cm³/mol. The number of carbonyl (C=O) groups is 1. The van der Waals surface area contributed by atoms with Crippen molar-refractivity contribution in [2.45, 2.75) is 24.8 Å². The molecule has 0 radical (unpaired) electrons. The summed E-state index contributed by atoms with van der Waals surface area (Å²) in [5.74, 6) is 2.01. The van der Waals surface area contributed by atoms with Gasteiger partial charge in [0.2, 0.25) is 5.95 Å². The fourth-order valence-corrected chi connectivity index (χ4v) is 5.68. The molecule has 2 aliphatic rings. The molecule has 0 bridgehead atoms. The number of methoxy groups -OCH3 is 1. The number of ketones is 1. The summed E-state index contributed by atoms with van der Waals surface area (Å²) in [5, 5.41) is 5.60. The molecule has 0 fully saturated rings. The van der Waals surface area contributed by atoms with Gasteiger partial charge in [-0.15, -0.1) is 11.3 Å². The van der Waals surface area contributed by atoms with E-state index in [0.717, 1.165) is 46.0 Å². The number of carbonyl (C=O) groups excluding carboxylic acids is 1. The van der Waals surface area contributed by atoms with E-state index in [4.69, 9.17) is 9.72 Å². The topological polar surface area (TPSA) is 56.1 Å². The van der Waals surface area contributed by atoms with Crippen LogP contribution in [0, 0.1) is 0 Å². The van der Waals surface area contributed by atoms with Crippen LogP contribution in [0.3, 0.4) is 0 Å². The van der Waals surface area contributed by atoms with Gasteiger partial charge in [-0.3, -0.25) is 9.36 Å². The van der Waals surface area contributed by atoms with Crippen LogP contribution in [0.5, 0.6) is 5.75 Å². The standard InChI is InChI=1S/C25H21N3O2S/c1-30-17-10-8-15(9-11-17)24-23-19(13-16(14-21(23)29)22-7-4-12-31-22)27-25-26-18-5-2-3-6-20(18)28(24)25/h2-12,16,24H,13-14H2,1H3,(H,26,27). The first-order valence-electron chi connectivity index (χ1n) is 10.4. The minimum Gasteiger partial charge on any atom is -0.497 e. The number of para-hydroxylation sites is 2. The van der Waals surface area contributed by atoms with Crippen molar-refractivity contribution in [3.63, 3.8) is 0 Å².